The molecule has 0 aliphatic heterocycles. The highest BCUT2D eigenvalue weighted by Crippen LogP contribution is 2.29. The number of nitrogens with zero attached hydrogens (tertiary/aromatic N) is 4. The van der Waals surface area contributed by atoms with E-state index in [1.54, 1.807) is 12.3 Å². The van der Waals surface area contributed by atoms with Crippen molar-refractivity contribution in [2.45, 2.75) is 18.3 Å². The third-order valence-electron chi connectivity index (χ3n) is 2.38. The Balaban J connectivity index is 2.41. The van der Waals surface area contributed by atoms with Crippen molar-refractivity contribution in [1.82, 2.24) is 19.7 Å². The lowest BCUT2D eigenvalue weighted by molar-refractivity contribution is -0.137. The van der Waals surface area contributed by atoms with Crippen LogP contribution < -0.4 is 5.32 Å². The van der Waals surface area contributed by atoms with Crippen molar-refractivity contribution in [3.05, 3.63) is 24.0 Å². The van der Waals surface area contributed by atoms with Crippen LogP contribution in [-0.2, 0) is 6.18 Å². The maximum Gasteiger partial charge on any atom is 0.419 e. The van der Waals surface area contributed by atoms with E-state index < -0.39 is 11.7 Å². The van der Waals surface area contributed by atoms with Crippen molar-refractivity contribution in [2.75, 3.05) is 18.1 Å². The molecule has 0 unspecified atom stereocenters. The molecule has 0 aromatic carbocycles. The summed E-state index contributed by atoms with van der Waals surface area (Å²) < 4.78 is 38.8. The largest absolute Gasteiger partial charge is 0.419 e. The fraction of sp³-hybridized carbons (Fsp3) is 0.364. The van der Waals surface area contributed by atoms with Gasteiger partial charge in [0.2, 0.25) is 0 Å². The summed E-state index contributed by atoms with van der Waals surface area (Å²) in [5, 5.41) is 7.16. The average molecular weight is 303 g/mol. The highest BCUT2D eigenvalue weighted by atomic mass is 32.2. The van der Waals surface area contributed by atoms with Crippen molar-refractivity contribution in [1.29, 1.82) is 0 Å². The number of hydrogen-bond donors (Lipinski definition) is 1. The zero-order valence-electron chi connectivity index (χ0n) is 10.8. The van der Waals surface area contributed by atoms with Crippen molar-refractivity contribution in [3.8, 4) is 5.82 Å². The van der Waals surface area contributed by atoms with Gasteiger partial charge in [-0.1, -0.05) is 11.8 Å². The maximum atomic E-state index is 12.6. The Kier molecular flexibility index (Phi) is 4.17. The summed E-state index contributed by atoms with van der Waals surface area (Å²) in [6.45, 7) is 2.55. The smallest absolute Gasteiger partial charge is 0.370 e. The number of halogens is 3. The average Bonchev–Trinajstić information content (AvgIpc) is 2.88. The van der Waals surface area contributed by atoms with Crippen molar-refractivity contribution < 1.29 is 13.2 Å². The molecule has 0 aliphatic carbocycles. The van der Waals surface area contributed by atoms with Gasteiger partial charge in [-0.15, -0.1) is 0 Å². The molecule has 2 rings (SSSR count). The number of thioether (sulfide) groups is 1. The van der Waals surface area contributed by atoms with Crippen LogP contribution >= 0.6 is 11.8 Å². The lowest BCUT2D eigenvalue weighted by atomic mass is 10.3. The Hall–Kier alpha value is -1.77. The molecule has 1 N–H and O–H groups in total. The van der Waals surface area contributed by atoms with Crippen LogP contribution in [-0.4, -0.2) is 32.5 Å². The van der Waals surface area contributed by atoms with E-state index in [1.165, 1.54) is 11.8 Å². The van der Waals surface area contributed by atoms with Crippen LogP contribution in [0.5, 0.6) is 0 Å². The Morgan fingerprint density at radius 1 is 1.35 bits per heavy atom. The van der Waals surface area contributed by atoms with Crippen molar-refractivity contribution in [3.63, 3.8) is 0 Å². The molecule has 5 nitrogen and oxygen atoms in total. The van der Waals surface area contributed by atoms with Gasteiger partial charge in [0.05, 0.1) is 11.8 Å². The lowest BCUT2D eigenvalue weighted by Gasteiger charge is -2.07. The number of anilines is 1. The minimum absolute atomic E-state index is 0.288. The second-order valence-corrected chi connectivity index (χ2v) is 4.57. The fourth-order valence-electron chi connectivity index (χ4n) is 1.49. The zero-order chi connectivity index (χ0) is 14.8. The Morgan fingerprint density at radius 2 is 2.10 bits per heavy atom. The molecule has 0 bridgehead atoms. The van der Waals surface area contributed by atoms with E-state index >= 15 is 0 Å². The molecule has 0 amide bonds. The normalized spacial score (nSPS) is 11.7. The van der Waals surface area contributed by atoms with Gasteiger partial charge in [0.1, 0.15) is 5.82 Å². The number of aromatic nitrogens is 4. The van der Waals surface area contributed by atoms with Gasteiger partial charge in [-0.2, -0.15) is 18.3 Å². The van der Waals surface area contributed by atoms with Gasteiger partial charge in [-0.25, -0.2) is 14.6 Å². The molecular formula is C11H12F3N5S. The standard InChI is InChI=1S/C11H12F3N5S/c1-3-15-8-4-9(18-10(17-8)20-2)19-6-7(5-16-19)11(12,13)14/h4-6H,3H2,1-2H3,(H,15,17,18). The lowest BCUT2D eigenvalue weighted by Crippen LogP contribution is -2.06. The number of nitrogens with one attached hydrogen (secondary N) is 1. The highest BCUT2D eigenvalue weighted by molar-refractivity contribution is 7.98. The topological polar surface area (TPSA) is 55.6 Å². The molecule has 9 heteroatoms. The SMILES string of the molecule is CCNc1cc(-n2cc(C(F)(F)F)cn2)nc(SC)n1. The third kappa shape index (κ3) is 3.21. The zero-order valence-corrected chi connectivity index (χ0v) is 11.6. The summed E-state index contributed by atoms with van der Waals surface area (Å²) in [6.07, 6.45) is -0.951. The molecular weight excluding hydrogens is 291 g/mol. The minimum Gasteiger partial charge on any atom is -0.370 e. The van der Waals surface area contributed by atoms with Crippen LogP contribution in [0.15, 0.2) is 23.6 Å². The molecule has 20 heavy (non-hydrogen) atoms. The Bertz CT molecular complexity index is 596. The second kappa shape index (κ2) is 5.70. The molecule has 0 spiro atoms. The summed E-state index contributed by atoms with van der Waals surface area (Å²) in [7, 11) is 0. The van der Waals surface area contributed by atoms with E-state index in [1.807, 2.05) is 6.92 Å². The van der Waals surface area contributed by atoms with Crippen LogP contribution in [0.25, 0.3) is 5.82 Å². The second-order valence-electron chi connectivity index (χ2n) is 3.80. The van der Waals surface area contributed by atoms with Crippen molar-refractivity contribution in [2.24, 2.45) is 0 Å². The van der Waals surface area contributed by atoms with Crippen LogP contribution in [0, 0.1) is 0 Å². The number of hydrogen-bond acceptors (Lipinski definition) is 5. The Morgan fingerprint density at radius 3 is 2.65 bits per heavy atom. The van der Waals surface area contributed by atoms with E-state index in [0.717, 1.165) is 17.1 Å². The maximum absolute atomic E-state index is 12.6. The first-order valence-electron chi connectivity index (χ1n) is 5.73. The number of alkyl halides is 3. The van der Waals surface area contributed by atoms with Gasteiger partial charge in [0.25, 0.3) is 0 Å². The fourth-order valence-corrected chi connectivity index (χ4v) is 1.86. The van der Waals surface area contributed by atoms with Crippen molar-refractivity contribution >= 4 is 17.6 Å². The van der Waals surface area contributed by atoms with Crippen LogP contribution in [0.3, 0.4) is 0 Å². The van der Waals surface area contributed by atoms with Gasteiger partial charge in [0, 0.05) is 18.8 Å². The van der Waals surface area contributed by atoms with Gasteiger partial charge >= 0.3 is 6.18 Å². The van der Waals surface area contributed by atoms with E-state index in [4.69, 9.17) is 0 Å². The summed E-state index contributed by atoms with van der Waals surface area (Å²) in [4.78, 5) is 8.34. The molecule has 0 fully saturated rings. The summed E-state index contributed by atoms with van der Waals surface area (Å²) in [5.41, 5.74) is -0.813. The minimum atomic E-state index is -4.42. The van der Waals surface area contributed by atoms with Gasteiger partial charge in [-0.05, 0) is 13.2 Å². The molecule has 0 saturated carbocycles. The summed E-state index contributed by atoms with van der Waals surface area (Å²) in [6, 6.07) is 1.55. The first kappa shape index (κ1) is 14.6. The molecule has 0 atom stereocenters. The van der Waals surface area contributed by atoms with E-state index in [2.05, 4.69) is 20.4 Å². The van der Waals surface area contributed by atoms with E-state index in [0.29, 0.717) is 17.5 Å². The molecule has 2 heterocycles. The Labute approximate surface area is 117 Å². The molecule has 0 aliphatic rings. The molecule has 0 saturated heterocycles. The van der Waals surface area contributed by atoms with E-state index in [-0.39, 0.29) is 5.82 Å². The molecule has 108 valence electrons. The van der Waals surface area contributed by atoms with Crippen LogP contribution in [0.2, 0.25) is 0 Å². The summed E-state index contributed by atoms with van der Waals surface area (Å²) >= 11 is 1.30. The van der Waals surface area contributed by atoms with Crippen LogP contribution in [0.1, 0.15) is 12.5 Å². The quantitative estimate of drug-likeness (QED) is 0.695. The first-order valence-corrected chi connectivity index (χ1v) is 6.95. The highest BCUT2D eigenvalue weighted by Gasteiger charge is 2.32. The van der Waals surface area contributed by atoms with E-state index in [9.17, 15) is 13.2 Å². The first-order chi connectivity index (χ1) is 9.44. The van der Waals surface area contributed by atoms with Gasteiger partial charge in [0.15, 0.2) is 11.0 Å². The molecule has 2 aromatic rings. The monoisotopic (exact) mass is 303 g/mol. The molecule has 0 radical (unpaired) electrons. The predicted molar refractivity (Wildman–Crippen MR) is 70.1 cm³/mol. The van der Waals surface area contributed by atoms with Gasteiger partial charge < -0.3 is 5.32 Å². The summed E-state index contributed by atoms with van der Waals surface area (Å²) in [5.74, 6) is 0.835. The number of rotatable bonds is 4. The predicted octanol–water partition coefficient (Wildman–Crippen LogP) is 2.83. The van der Waals surface area contributed by atoms with Crippen LogP contribution in [0.4, 0.5) is 19.0 Å². The van der Waals surface area contributed by atoms with Gasteiger partial charge in [-0.3, -0.25) is 0 Å². The third-order valence-corrected chi connectivity index (χ3v) is 2.92. The molecule has 2 aromatic heterocycles.